The Morgan fingerprint density at radius 3 is 2.32 bits per heavy atom. The fourth-order valence-corrected chi connectivity index (χ4v) is 3.65. The van der Waals surface area contributed by atoms with Crippen LogP contribution >= 0.6 is 23.2 Å². The molecule has 0 saturated carbocycles. The van der Waals surface area contributed by atoms with Crippen molar-refractivity contribution < 1.29 is 8.78 Å². The van der Waals surface area contributed by atoms with Crippen LogP contribution in [-0.2, 0) is 0 Å². The van der Waals surface area contributed by atoms with Crippen molar-refractivity contribution in [2.75, 3.05) is 0 Å². The number of benzene rings is 2. The average Bonchev–Trinajstić information content (AvgIpc) is 2.63. The minimum absolute atomic E-state index is 0.280. The summed E-state index contributed by atoms with van der Waals surface area (Å²) in [5, 5.41) is 1.89. The van der Waals surface area contributed by atoms with Crippen LogP contribution in [0.25, 0.3) is 27.7 Å². The smallest absolute Gasteiger partial charge is 0.264 e. The number of nitrogens with zero attached hydrogens (tertiary/aromatic N) is 2. The minimum Gasteiger partial charge on any atom is -0.284 e. The Morgan fingerprint density at radius 1 is 0.929 bits per heavy atom. The van der Waals surface area contributed by atoms with Gasteiger partial charge in [-0.2, -0.15) is 0 Å². The van der Waals surface area contributed by atoms with Crippen LogP contribution in [0.5, 0.6) is 0 Å². The fraction of sp³-hybridized carbons (Fsp3) is 0.0476. The molecule has 0 N–H and O–H groups in total. The molecule has 0 aliphatic rings. The third-order valence-electron chi connectivity index (χ3n) is 4.41. The van der Waals surface area contributed by atoms with Crippen molar-refractivity contribution in [2.45, 2.75) is 6.92 Å². The predicted octanol–water partition coefficient (Wildman–Crippen LogP) is 5.95. The molecule has 0 aliphatic carbocycles. The molecule has 7 heteroatoms. The Morgan fingerprint density at radius 2 is 1.64 bits per heavy atom. The van der Waals surface area contributed by atoms with E-state index >= 15 is 0 Å². The largest absolute Gasteiger partial charge is 0.284 e. The average molecular weight is 417 g/mol. The van der Waals surface area contributed by atoms with Gasteiger partial charge >= 0.3 is 0 Å². The van der Waals surface area contributed by atoms with E-state index in [1.54, 1.807) is 43.5 Å². The molecular weight excluding hydrogens is 405 g/mol. The second kappa shape index (κ2) is 7.00. The van der Waals surface area contributed by atoms with E-state index in [0.717, 1.165) is 12.1 Å². The van der Waals surface area contributed by atoms with Crippen LogP contribution in [0.1, 0.15) is 5.69 Å². The maximum atomic E-state index is 13.6. The Hall–Kier alpha value is -2.76. The summed E-state index contributed by atoms with van der Waals surface area (Å²) in [5.74, 6) is -1.88. The summed E-state index contributed by atoms with van der Waals surface area (Å²) in [6.45, 7) is 1.70. The van der Waals surface area contributed by atoms with Crippen LogP contribution in [0.3, 0.4) is 0 Å². The normalized spacial score (nSPS) is 11.2. The first-order valence-electron chi connectivity index (χ1n) is 8.28. The van der Waals surface area contributed by atoms with Crippen LogP contribution in [0.15, 0.2) is 59.5 Å². The molecule has 0 radical (unpaired) electrons. The molecular formula is C21H12Cl2F2N2O. The first-order valence-corrected chi connectivity index (χ1v) is 9.04. The van der Waals surface area contributed by atoms with Crippen LogP contribution in [0, 0.1) is 18.6 Å². The summed E-state index contributed by atoms with van der Waals surface area (Å²) in [4.78, 5) is 17.5. The van der Waals surface area contributed by atoms with Gasteiger partial charge in [0.05, 0.1) is 22.5 Å². The molecule has 3 nitrogen and oxygen atoms in total. The lowest BCUT2D eigenvalue weighted by Crippen LogP contribution is -2.19. The summed E-state index contributed by atoms with van der Waals surface area (Å²) >= 11 is 12.1. The van der Waals surface area contributed by atoms with Gasteiger partial charge in [-0.25, -0.2) is 8.78 Å². The zero-order valence-electron chi connectivity index (χ0n) is 14.5. The maximum absolute atomic E-state index is 13.6. The van der Waals surface area contributed by atoms with Gasteiger partial charge in [0.1, 0.15) is 0 Å². The van der Waals surface area contributed by atoms with Gasteiger partial charge in [-0.05, 0) is 60.8 Å². The number of rotatable bonds is 2. The number of aryl methyl sites for hydroxylation is 1. The van der Waals surface area contributed by atoms with Crippen molar-refractivity contribution in [1.82, 2.24) is 9.55 Å². The molecule has 0 aliphatic heterocycles. The number of hydrogen-bond acceptors (Lipinski definition) is 2. The molecule has 2 aromatic carbocycles. The second-order valence-corrected chi connectivity index (χ2v) is 7.18. The van der Waals surface area contributed by atoms with E-state index in [9.17, 15) is 13.6 Å². The van der Waals surface area contributed by atoms with Crippen LogP contribution in [0.2, 0.25) is 10.0 Å². The summed E-state index contributed by atoms with van der Waals surface area (Å²) in [6.07, 6.45) is 1.61. The molecule has 0 saturated heterocycles. The van der Waals surface area contributed by atoms with Crippen LogP contribution < -0.4 is 5.56 Å². The molecule has 0 unspecified atom stereocenters. The molecule has 140 valence electrons. The van der Waals surface area contributed by atoms with E-state index in [0.29, 0.717) is 43.5 Å². The molecule has 4 aromatic rings. The molecule has 0 bridgehead atoms. The van der Waals surface area contributed by atoms with E-state index in [1.807, 2.05) is 0 Å². The molecule has 4 rings (SSSR count). The Bertz CT molecular complexity index is 1280. The third kappa shape index (κ3) is 3.28. The first kappa shape index (κ1) is 18.6. The number of hydrogen-bond donors (Lipinski definition) is 0. The Labute approximate surface area is 168 Å². The third-order valence-corrected chi connectivity index (χ3v) is 4.84. The van der Waals surface area contributed by atoms with Gasteiger partial charge in [-0.15, -0.1) is 0 Å². The van der Waals surface area contributed by atoms with Gasteiger partial charge in [-0.1, -0.05) is 23.2 Å². The van der Waals surface area contributed by atoms with Gasteiger partial charge in [0, 0.05) is 21.8 Å². The molecule has 0 atom stereocenters. The van der Waals surface area contributed by atoms with Gasteiger partial charge < -0.3 is 0 Å². The summed E-state index contributed by atoms with van der Waals surface area (Å²) < 4.78 is 28.2. The quantitative estimate of drug-likeness (QED) is 0.404. The van der Waals surface area contributed by atoms with E-state index in [2.05, 4.69) is 4.98 Å². The molecule has 0 amide bonds. The van der Waals surface area contributed by atoms with Crippen LogP contribution in [0.4, 0.5) is 8.78 Å². The van der Waals surface area contributed by atoms with Gasteiger partial charge in [0.25, 0.3) is 5.56 Å². The zero-order chi connectivity index (χ0) is 20.0. The Kier molecular flexibility index (Phi) is 4.65. The highest BCUT2D eigenvalue weighted by Crippen LogP contribution is 2.26. The highest BCUT2D eigenvalue weighted by molar-refractivity contribution is 6.34. The van der Waals surface area contributed by atoms with E-state index < -0.39 is 11.6 Å². The number of halogens is 4. The number of aromatic nitrogens is 2. The Balaban J connectivity index is 1.91. The summed E-state index contributed by atoms with van der Waals surface area (Å²) in [6, 6.07) is 11.9. The first-order chi connectivity index (χ1) is 13.3. The lowest BCUT2D eigenvalue weighted by atomic mass is 10.1. The van der Waals surface area contributed by atoms with E-state index in [1.165, 1.54) is 10.6 Å². The van der Waals surface area contributed by atoms with Crippen molar-refractivity contribution in [3.05, 3.63) is 92.5 Å². The van der Waals surface area contributed by atoms with E-state index in [4.69, 9.17) is 23.2 Å². The number of fused-ring (bicyclic) bond motifs is 1. The van der Waals surface area contributed by atoms with Gasteiger partial charge in [0.2, 0.25) is 0 Å². The molecule has 0 fully saturated rings. The van der Waals surface area contributed by atoms with Crippen molar-refractivity contribution in [3.8, 4) is 16.9 Å². The summed E-state index contributed by atoms with van der Waals surface area (Å²) in [7, 11) is 0. The van der Waals surface area contributed by atoms with Gasteiger partial charge in [-0.3, -0.25) is 14.3 Å². The number of pyridine rings is 2. The zero-order valence-corrected chi connectivity index (χ0v) is 16.0. The maximum Gasteiger partial charge on any atom is 0.264 e. The van der Waals surface area contributed by atoms with Crippen molar-refractivity contribution in [2.24, 2.45) is 0 Å². The van der Waals surface area contributed by atoms with Gasteiger partial charge in [0.15, 0.2) is 11.6 Å². The topological polar surface area (TPSA) is 34.9 Å². The SMILES string of the molecule is Cc1nc(-c2ccc(F)c(F)c2)cc2ccn(-c3cc(Cl)cc(Cl)c3)c(=O)c12. The highest BCUT2D eigenvalue weighted by atomic mass is 35.5. The van der Waals surface area contributed by atoms with Crippen molar-refractivity contribution in [1.29, 1.82) is 0 Å². The fourth-order valence-electron chi connectivity index (χ4n) is 3.13. The predicted molar refractivity (Wildman–Crippen MR) is 107 cm³/mol. The standard InChI is InChI=1S/C21H12Cl2F2N2O/c1-11-20-13(7-19(26-11)12-2-3-17(24)18(25)6-12)4-5-27(21(20)28)16-9-14(22)8-15(23)10-16/h2-10H,1H3. The van der Waals surface area contributed by atoms with Crippen molar-refractivity contribution in [3.63, 3.8) is 0 Å². The minimum atomic E-state index is -0.953. The van der Waals surface area contributed by atoms with E-state index in [-0.39, 0.29) is 5.56 Å². The lowest BCUT2D eigenvalue weighted by molar-refractivity contribution is 0.509. The lowest BCUT2D eigenvalue weighted by Gasteiger charge is -2.11. The molecule has 28 heavy (non-hydrogen) atoms. The second-order valence-electron chi connectivity index (χ2n) is 6.30. The molecule has 2 heterocycles. The molecule has 2 aromatic heterocycles. The van der Waals surface area contributed by atoms with Crippen LogP contribution in [-0.4, -0.2) is 9.55 Å². The highest BCUT2D eigenvalue weighted by Gasteiger charge is 2.13. The summed E-state index contributed by atoms with van der Waals surface area (Å²) in [5.41, 5.74) is 1.61. The van der Waals surface area contributed by atoms with Crippen molar-refractivity contribution >= 4 is 34.0 Å². The monoisotopic (exact) mass is 416 g/mol. The molecule has 0 spiro atoms.